The van der Waals surface area contributed by atoms with E-state index in [0.29, 0.717) is 19.4 Å². The van der Waals surface area contributed by atoms with Crippen LogP contribution in [0, 0.1) is 0 Å². The van der Waals surface area contributed by atoms with E-state index >= 15 is 0 Å². The summed E-state index contributed by atoms with van der Waals surface area (Å²) in [6.45, 7) is 7.64. The van der Waals surface area contributed by atoms with E-state index in [9.17, 15) is 9.59 Å². The Balaban J connectivity index is 4.34. The van der Waals surface area contributed by atoms with Crippen LogP contribution in [0.15, 0.2) is 72.9 Å². The van der Waals surface area contributed by atoms with E-state index in [1.165, 1.54) is 154 Å². The molecule has 0 N–H and O–H groups in total. The number of hydrogen-bond acceptors (Lipinski definition) is 5. The van der Waals surface area contributed by atoms with Crippen LogP contribution >= 0.6 is 0 Å². The molecule has 5 nitrogen and oxygen atoms in total. The highest BCUT2D eigenvalue weighted by molar-refractivity contribution is 5.70. The Bertz CT molecular complexity index is 1180. The van der Waals surface area contributed by atoms with Gasteiger partial charge < -0.3 is 14.2 Å². The molecule has 0 spiro atoms. The van der Waals surface area contributed by atoms with Crippen LogP contribution in [0.4, 0.5) is 0 Å². The molecule has 0 aromatic rings. The van der Waals surface area contributed by atoms with E-state index < -0.39 is 6.10 Å². The zero-order valence-corrected chi connectivity index (χ0v) is 44.0. The Hall–Kier alpha value is -2.66. The van der Waals surface area contributed by atoms with Crippen molar-refractivity contribution >= 4 is 11.9 Å². The van der Waals surface area contributed by atoms with Crippen LogP contribution in [-0.2, 0) is 23.8 Å². The van der Waals surface area contributed by atoms with Crippen LogP contribution < -0.4 is 0 Å². The molecule has 0 aromatic carbocycles. The summed E-state index contributed by atoms with van der Waals surface area (Å²) in [5.74, 6) is -0.421. The number of carbonyl (C=O) groups excluding carboxylic acids is 2. The lowest BCUT2D eigenvalue weighted by Crippen LogP contribution is -2.30. The molecule has 66 heavy (non-hydrogen) atoms. The molecule has 0 amide bonds. The maximum absolute atomic E-state index is 12.8. The second-order valence-corrected chi connectivity index (χ2v) is 18.8. The normalized spacial score (nSPS) is 12.7. The van der Waals surface area contributed by atoms with E-state index in [2.05, 4.69) is 93.7 Å². The van der Waals surface area contributed by atoms with Crippen molar-refractivity contribution in [2.45, 2.75) is 284 Å². The van der Waals surface area contributed by atoms with E-state index in [4.69, 9.17) is 14.2 Å². The summed E-state index contributed by atoms with van der Waals surface area (Å²) in [5.41, 5.74) is 0. The molecule has 0 heterocycles. The first-order valence-corrected chi connectivity index (χ1v) is 28.5. The first-order chi connectivity index (χ1) is 32.6. The lowest BCUT2D eigenvalue weighted by Gasteiger charge is -2.18. The van der Waals surface area contributed by atoms with Crippen molar-refractivity contribution < 1.29 is 23.8 Å². The summed E-state index contributed by atoms with van der Waals surface area (Å²) in [6.07, 6.45) is 73.5. The largest absolute Gasteiger partial charge is 0.462 e. The molecule has 0 rings (SSSR count). The topological polar surface area (TPSA) is 61.8 Å². The summed E-state index contributed by atoms with van der Waals surface area (Å²) >= 11 is 0. The SMILES string of the molecule is CC/C=C\C/C=C\C/C=C\C/C=C\C/C=C\CCCCOCC(COC(=O)CCCCCCCCCCCCCCCCCCC)OC(=O)CCCCCCC/C=C\CCCCCCCC. The van der Waals surface area contributed by atoms with E-state index in [-0.39, 0.29) is 25.2 Å². The van der Waals surface area contributed by atoms with E-state index in [1.807, 2.05) is 0 Å². The van der Waals surface area contributed by atoms with Gasteiger partial charge in [0.2, 0.25) is 0 Å². The fourth-order valence-corrected chi connectivity index (χ4v) is 8.00. The van der Waals surface area contributed by atoms with Crippen LogP contribution in [0.5, 0.6) is 0 Å². The van der Waals surface area contributed by atoms with Gasteiger partial charge >= 0.3 is 11.9 Å². The maximum atomic E-state index is 12.8. The minimum Gasteiger partial charge on any atom is -0.462 e. The van der Waals surface area contributed by atoms with Crippen molar-refractivity contribution in [3.05, 3.63) is 72.9 Å². The zero-order valence-electron chi connectivity index (χ0n) is 44.0. The third-order valence-corrected chi connectivity index (χ3v) is 12.2. The van der Waals surface area contributed by atoms with Gasteiger partial charge in [-0.1, -0.05) is 248 Å². The highest BCUT2D eigenvalue weighted by Crippen LogP contribution is 2.16. The fourth-order valence-electron chi connectivity index (χ4n) is 8.00. The molecule has 0 radical (unpaired) electrons. The second kappa shape index (κ2) is 56.7. The van der Waals surface area contributed by atoms with Gasteiger partial charge in [0, 0.05) is 19.4 Å². The minimum atomic E-state index is -0.564. The molecule has 0 aliphatic heterocycles. The van der Waals surface area contributed by atoms with Crippen molar-refractivity contribution in [2.24, 2.45) is 0 Å². The van der Waals surface area contributed by atoms with Crippen LogP contribution in [0.25, 0.3) is 0 Å². The maximum Gasteiger partial charge on any atom is 0.306 e. The highest BCUT2D eigenvalue weighted by atomic mass is 16.6. The summed E-state index contributed by atoms with van der Waals surface area (Å²) in [4.78, 5) is 25.5. The van der Waals surface area contributed by atoms with Crippen LogP contribution in [0.1, 0.15) is 278 Å². The summed E-state index contributed by atoms with van der Waals surface area (Å²) in [7, 11) is 0. The third-order valence-electron chi connectivity index (χ3n) is 12.2. The third kappa shape index (κ3) is 54.0. The van der Waals surface area contributed by atoms with Gasteiger partial charge in [-0.2, -0.15) is 0 Å². The smallest absolute Gasteiger partial charge is 0.306 e. The molecule has 0 bridgehead atoms. The lowest BCUT2D eigenvalue weighted by atomic mass is 10.0. The Labute approximate surface area is 410 Å². The summed E-state index contributed by atoms with van der Waals surface area (Å²) in [6, 6.07) is 0. The molecule has 382 valence electrons. The van der Waals surface area contributed by atoms with Gasteiger partial charge in [-0.05, 0) is 89.9 Å². The van der Waals surface area contributed by atoms with Crippen molar-refractivity contribution in [3.63, 3.8) is 0 Å². The van der Waals surface area contributed by atoms with Gasteiger partial charge in [-0.3, -0.25) is 9.59 Å². The van der Waals surface area contributed by atoms with Crippen LogP contribution in [-0.4, -0.2) is 37.9 Å². The first-order valence-electron chi connectivity index (χ1n) is 28.5. The Kier molecular flexibility index (Phi) is 54.4. The monoisotopic (exact) mass is 921 g/mol. The number of allylic oxidation sites excluding steroid dienone is 12. The first kappa shape index (κ1) is 63.3. The standard InChI is InChI=1S/C61H108O5/c1-4-7-10-13-16-19-22-25-28-30-32-35-38-41-44-47-50-53-56-64-57-59(66-61(63)55-52-49-46-43-40-37-33-27-24-21-18-15-12-9-6-3)58-65-60(62)54-51-48-45-42-39-36-34-31-29-26-23-20-17-14-11-8-5-2/h7,10,16,19,25,27-28,32-33,35,41,44,59H,4-6,8-9,11-15,17-18,20-24,26,29-31,34,36-40,42-43,45-58H2,1-3H3/b10-7-,19-16-,28-25-,33-27-,35-32-,44-41-. The summed E-state index contributed by atoms with van der Waals surface area (Å²) in [5, 5.41) is 0. The average Bonchev–Trinajstić information content (AvgIpc) is 3.32. The lowest BCUT2D eigenvalue weighted by molar-refractivity contribution is -0.163. The number of carbonyl (C=O) groups is 2. The van der Waals surface area contributed by atoms with E-state index in [0.717, 1.165) is 89.9 Å². The number of ether oxygens (including phenoxy) is 3. The van der Waals surface area contributed by atoms with Crippen molar-refractivity contribution in [3.8, 4) is 0 Å². The molecule has 5 heteroatoms. The van der Waals surface area contributed by atoms with Gasteiger partial charge in [-0.15, -0.1) is 0 Å². The Morgan fingerprint density at radius 2 is 0.682 bits per heavy atom. The molecular formula is C61H108O5. The fraction of sp³-hybridized carbons (Fsp3) is 0.770. The second-order valence-electron chi connectivity index (χ2n) is 18.8. The predicted molar refractivity (Wildman–Crippen MR) is 288 cm³/mol. The van der Waals surface area contributed by atoms with Gasteiger partial charge in [0.1, 0.15) is 6.61 Å². The van der Waals surface area contributed by atoms with Crippen molar-refractivity contribution in [1.82, 2.24) is 0 Å². The zero-order chi connectivity index (χ0) is 47.7. The molecule has 0 aliphatic carbocycles. The quantitative estimate of drug-likeness (QED) is 0.0346. The van der Waals surface area contributed by atoms with Gasteiger partial charge in [0.05, 0.1) is 6.61 Å². The number of hydrogen-bond donors (Lipinski definition) is 0. The Morgan fingerprint density at radius 1 is 0.348 bits per heavy atom. The number of rotatable bonds is 52. The van der Waals surface area contributed by atoms with Gasteiger partial charge in [0.15, 0.2) is 6.10 Å². The molecule has 1 atom stereocenters. The highest BCUT2D eigenvalue weighted by Gasteiger charge is 2.17. The van der Waals surface area contributed by atoms with E-state index in [1.54, 1.807) is 0 Å². The van der Waals surface area contributed by atoms with Crippen LogP contribution in [0.3, 0.4) is 0 Å². The molecule has 0 fully saturated rings. The van der Waals surface area contributed by atoms with Gasteiger partial charge in [-0.25, -0.2) is 0 Å². The summed E-state index contributed by atoms with van der Waals surface area (Å²) < 4.78 is 17.4. The number of unbranched alkanes of at least 4 members (excludes halogenated alkanes) is 29. The number of esters is 2. The van der Waals surface area contributed by atoms with Crippen LogP contribution in [0.2, 0.25) is 0 Å². The average molecular weight is 922 g/mol. The molecule has 0 aliphatic rings. The minimum absolute atomic E-state index is 0.0654. The molecule has 0 saturated heterocycles. The Morgan fingerprint density at radius 3 is 1.11 bits per heavy atom. The predicted octanol–water partition coefficient (Wildman–Crippen LogP) is 19.5. The van der Waals surface area contributed by atoms with Crippen molar-refractivity contribution in [1.29, 1.82) is 0 Å². The molecule has 0 aromatic heterocycles. The van der Waals surface area contributed by atoms with Gasteiger partial charge in [0.25, 0.3) is 0 Å². The molecular weight excluding hydrogens is 813 g/mol. The van der Waals surface area contributed by atoms with Crippen molar-refractivity contribution in [2.75, 3.05) is 19.8 Å². The molecule has 0 saturated carbocycles. The molecule has 1 unspecified atom stereocenters.